The SMILES string of the molecule is Brc1sc(C[P+](c2ccccc2)(c2ccccc2)c2ccccc2)c(Br)c1Br. The quantitative estimate of drug-likeness (QED) is 0.209. The van der Waals surface area contributed by atoms with E-state index in [1.807, 2.05) is 0 Å². The van der Waals surface area contributed by atoms with Gasteiger partial charge in [-0.2, -0.15) is 0 Å². The first kappa shape index (κ1) is 20.5. The van der Waals surface area contributed by atoms with Gasteiger partial charge >= 0.3 is 0 Å². The van der Waals surface area contributed by atoms with Crippen molar-refractivity contribution < 1.29 is 0 Å². The van der Waals surface area contributed by atoms with Crippen molar-refractivity contribution >= 4 is 82.3 Å². The standard InChI is InChI=1S/C23H17Br3PS/c24-21-20(28-23(26)22(21)25)16-27(17-10-4-1-5-11-17,18-12-6-2-7-13-18)19-14-8-3-9-15-19/h1-15H,16H2/q+1. The first-order valence-corrected chi connectivity index (χ1v) is 14.0. The molecule has 0 spiro atoms. The van der Waals surface area contributed by atoms with Crippen molar-refractivity contribution in [3.05, 3.63) is 109 Å². The highest BCUT2D eigenvalue weighted by Gasteiger charge is 2.46. The van der Waals surface area contributed by atoms with E-state index >= 15 is 0 Å². The average molecular weight is 596 g/mol. The maximum absolute atomic E-state index is 3.82. The zero-order chi connectivity index (χ0) is 19.6. The lowest BCUT2D eigenvalue weighted by atomic mass is 10.4. The summed E-state index contributed by atoms with van der Waals surface area (Å²) < 4.78 is 3.37. The molecule has 28 heavy (non-hydrogen) atoms. The van der Waals surface area contributed by atoms with E-state index in [2.05, 4.69) is 139 Å². The normalized spacial score (nSPS) is 11.5. The Hall–Kier alpha value is -0.770. The van der Waals surface area contributed by atoms with Crippen LogP contribution in [-0.4, -0.2) is 0 Å². The number of halogens is 3. The molecule has 0 bridgehead atoms. The maximum Gasteiger partial charge on any atom is 0.117 e. The number of rotatable bonds is 5. The summed E-state index contributed by atoms with van der Waals surface area (Å²) in [4.78, 5) is 1.35. The minimum absolute atomic E-state index is 0.973. The molecule has 0 nitrogen and oxygen atoms in total. The summed E-state index contributed by atoms with van der Waals surface area (Å²) in [6.07, 6.45) is 0.973. The summed E-state index contributed by atoms with van der Waals surface area (Å²) >= 11 is 13.0. The molecule has 0 aliphatic heterocycles. The van der Waals surface area contributed by atoms with Gasteiger partial charge in [0.25, 0.3) is 0 Å². The predicted molar refractivity (Wildman–Crippen MR) is 136 cm³/mol. The molecular formula is C23H17Br3PS+. The highest BCUT2D eigenvalue weighted by molar-refractivity contribution is 9.14. The van der Waals surface area contributed by atoms with Gasteiger partial charge in [0.1, 0.15) is 29.3 Å². The molecule has 1 heterocycles. The molecule has 0 saturated heterocycles. The van der Waals surface area contributed by atoms with E-state index in [-0.39, 0.29) is 0 Å². The van der Waals surface area contributed by atoms with Crippen LogP contribution in [0.4, 0.5) is 0 Å². The summed E-state index contributed by atoms with van der Waals surface area (Å²) in [6, 6.07) is 33.0. The zero-order valence-electron chi connectivity index (χ0n) is 14.9. The molecule has 140 valence electrons. The summed E-state index contributed by atoms with van der Waals surface area (Å²) in [7, 11) is -1.87. The molecule has 0 N–H and O–H groups in total. The van der Waals surface area contributed by atoms with E-state index in [9.17, 15) is 0 Å². The van der Waals surface area contributed by atoms with Gasteiger partial charge in [0.05, 0.1) is 17.6 Å². The van der Waals surface area contributed by atoms with E-state index < -0.39 is 7.26 Å². The van der Waals surface area contributed by atoms with Crippen molar-refractivity contribution in [2.75, 3.05) is 0 Å². The van der Waals surface area contributed by atoms with Gasteiger partial charge in [0.15, 0.2) is 0 Å². The Balaban J connectivity index is 2.02. The van der Waals surface area contributed by atoms with Crippen LogP contribution >= 0.6 is 66.4 Å². The van der Waals surface area contributed by atoms with Crippen LogP contribution in [0.3, 0.4) is 0 Å². The monoisotopic (exact) mass is 593 g/mol. The van der Waals surface area contributed by atoms with Crippen LogP contribution in [0.1, 0.15) is 4.88 Å². The van der Waals surface area contributed by atoms with Crippen molar-refractivity contribution in [1.29, 1.82) is 0 Å². The van der Waals surface area contributed by atoms with Crippen molar-refractivity contribution in [1.82, 2.24) is 0 Å². The lowest BCUT2D eigenvalue weighted by Gasteiger charge is -2.27. The molecular weight excluding hydrogens is 579 g/mol. The Morgan fingerprint density at radius 2 is 0.964 bits per heavy atom. The minimum Gasteiger partial charge on any atom is -0.127 e. The molecule has 0 aliphatic carbocycles. The largest absolute Gasteiger partial charge is 0.127 e. The molecule has 0 amide bonds. The predicted octanol–water partition coefficient (Wildman–Crippen LogP) is 7.53. The van der Waals surface area contributed by atoms with Crippen LogP contribution in [0.15, 0.2) is 104 Å². The lowest BCUT2D eigenvalue weighted by Crippen LogP contribution is -2.32. The van der Waals surface area contributed by atoms with Crippen LogP contribution in [-0.2, 0) is 6.16 Å². The lowest BCUT2D eigenvalue weighted by molar-refractivity contribution is 1.46. The smallest absolute Gasteiger partial charge is 0.117 e. The Labute approximate surface area is 195 Å². The highest BCUT2D eigenvalue weighted by atomic mass is 79.9. The fourth-order valence-electron chi connectivity index (χ4n) is 3.49. The van der Waals surface area contributed by atoms with Crippen LogP contribution in [0.2, 0.25) is 0 Å². The van der Waals surface area contributed by atoms with Gasteiger partial charge in [0.2, 0.25) is 0 Å². The third kappa shape index (κ3) is 3.82. The number of hydrogen-bond donors (Lipinski definition) is 0. The molecule has 0 atom stereocenters. The number of hydrogen-bond acceptors (Lipinski definition) is 1. The second kappa shape index (κ2) is 8.93. The maximum atomic E-state index is 3.82. The van der Waals surface area contributed by atoms with Gasteiger partial charge in [-0.1, -0.05) is 54.6 Å². The first-order valence-electron chi connectivity index (χ1n) is 8.80. The van der Waals surface area contributed by atoms with E-state index in [1.54, 1.807) is 11.3 Å². The van der Waals surface area contributed by atoms with Crippen LogP contribution < -0.4 is 15.9 Å². The Morgan fingerprint density at radius 1 is 0.571 bits per heavy atom. The molecule has 0 unspecified atom stereocenters. The molecule has 4 aromatic rings. The van der Waals surface area contributed by atoms with Crippen molar-refractivity contribution in [2.45, 2.75) is 6.16 Å². The zero-order valence-corrected chi connectivity index (χ0v) is 21.3. The second-order valence-electron chi connectivity index (χ2n) is 6.40. The molecule has 0 saturated carbocycles. The fourth-order valence-corrected chi connectivity index (χ4v) is 11.6. The van der Waals surface area contributed by atoms with Crippen LogP contribution in [0, 0.1) is 0 Å². The van der Waals surface area contributed by atoms with Crippen molar-refractivity contribution in [2.24, 2.45) is 0 Å². The number of thiophene rings is 1. The van der Waals surface area contributed by atoms with Gasteiger partial charge < -0.3 is 0 Å². The summed E-state index contributed by atoms with van der Waals surface area (Å²) in [6.45, 7) is 0. The van der Waals surface area contributed by atoms with Gasteiger partial charge in [-0.15, -0.1) is 11.3 Å². The van der Waals surface area contributed by atoms with Crippen molar-refractivity contribution in [3.8, 4) is 0 Å². The molecule has 0 fully saturated rings. The third-order valence-corrected chi connectivity index (χ3v) is 14.5. The molecule has 0 radical (unpaired) electrons. The Morgan fingerprint density at radius 3 is 1.29 bits per heavy atom. The van der Waals surface area contributed by atoms with Gasteiger partial charge in [-0.05, 0) is 84.2 Å². The van der Waals surface area contributed by atoms with Crippen LogP contribution in [0.5, 0.6) is 0 Å². The van der Waals surface area contributed by atoms with Crippen molar-refractivity contribution in [3.63, 3.8) is 0 Å². The van der Waals surface area contributed by atoms with E-state index in [0.29, 0.717) is 0 Å². The van der Waals surface area contributed by atoms with E-state index in [1.165, 1.54) is 20.8 Å². The second-order valence-corrected chi connectivity index (χ2v) is 13.9. The summed E-state index contributed by atoms with van der Waals surface area (Å²) in [5.41, 5.74) is 0. The molecule has 0 aliphatic rings. The van der Waals surface area contributed by atoms with E-state index in [4.69, 9.17) is 0 Å². The summed E-state index contributed by atoms with van der Waals surface area (Å²) in [5, 5.41) is 4.21. The van der Waals surface area contributed by atoms with Crippen LogP contribution in [0.25, 0.3) is 0 Å². The Kier molecular flexibility index (Phi) is 6.54. The number of benzene rings is 3. The highest BCUT2D eigenvalue weighted by Crippen LogP contribution is 2.60. The topological polar surface area (TPSA) is 0 Å². The van der Waals surface area contributed by atoms with Gasteiger partial charge in [-0.25, -0.2) is 0 Å². The summed E-state index contributed by atoms with van der Waals surface area (Å²) in [5.74, 6) is 0. The van der Waals surface area contributed by atoms with Gasteiger partial charge in [0, 0.05) is 0 Å². The molecule has 5 heteroatoms. The average Bonchev–Trinajstić information content (AvgIpc) is 3.00. The minimum atomic E-state index is -1.87. The third-order valence-electron chi connectivity index (χ3n) is 4.79. The molecule has 4 rings (SSSR count). The fraction of sp³-hybridized carbons (Fsp3) is 0.0435. The Bertz CT molecular complexity index is 967. The first-order chi connectivity index (χ1) is 13.6. The molecule has 3 aromatic carbocycles. The van der Waals surface area contributed by atoms with E-state index in [0.717, 1.165) is 18.9 Å². The molecule has 1 aromatic heterocycles. The van der Waals surface area contributed by atoms with Gasteiger partial charge in [-0.3, -0.25) is 0 Å².